The van der Waals surface area contributed by atoms with E-state index in [-0.39, 0.29) is 24.0 Å². The van der Waals surface area contributed by atoms with E-state index in [1.54, 1.807) is 41.3 Å². The van der Waals surface area contributed by atoms with Crippen molar-refractivity contribution in [1.29, 1.82) is 0 Å². The van der Waals surface area contributed by atoms with Gasteiger partial charge in [0.15, 0.2) is 11.6 Å². The average Bonchev–Trinajstić information content (AvgIpc) is 3.22. The minimum absolute atomic E-state index is 0.0515. The molecule has 0 saturated carbocycles. The number of fused-ring (bicyclic) bond motifs is 1. The number of anilines is 2. The smallest absolute Gasteiger partial charge is 0.258 e. The van der Waals surface area contributed by atoms with Gasteiger partial charge in [0.25, 0.3) is 5.91 Å². The Labute approximate surface area is 180 Å². The maximum atomic E-state index is 13.8. The third-order valence-corrected chi connectivity index (χ3v) is 5.40. The molecule has 0 saturated heterocycles. The second kappa shape index (κ2) is 9.00. The second-order valence-corrected chi connectivity index (χ2v) is 7.43. The van der Waals surface area contributed by atoms with E-state index in [0.717, 1.165) is 17.7 Å². The number of amides is 2. The van der Waals surface area contributed by atoms with Crippen LogP contribution < -0.4 is 15.0 Å². The van der Waals surface area contributed by atoms with Gasteiger partial charge in [0.2, 0.25) is 5.91 Å². The standard InChI is InChI=1S/C25H23FN2O3/c1-31-23-12-6-17(16-21(23)26)7-13-24(29)27-20-10-8-19(9-11-20)25(30)28-15-14-18-4-2-3-5-22(18)28/h2-6,8-12,16H,7,13-15H2,1H3,(H,27,29). The van der Waals surface area contributed by atoms with E-state index in [1.807, 2.05) is 24.3 Å². The summed E-state index contributed by atoms with van der Waals surface area (Å²) in [7, 11) is 1.41. The monoisotopic (exact) mass is 418 g/mol. The first-order valence-corrected chi connectivity index (χ1v) is 10.2. The van der Waals surface area contributed by atoms with Crippen LogP contribution in [-0.4, -0.2) is 25.5 Å². The highest BCUT2D eigenvalue weighted by atomic mass is 19.1. The lowest BCUT2D eigenvalue weighted by Crippen LogP contribution is -2.28. The Morgan fingerprint density at radius 3 is 2.58 bits per heavy atom. The van der Waals surface area contributed by atoms with Crippen molar-refractivity contribution in [2.45, 2.75) is 19.3 Å². The van der Waals surface area contributed by atoms with Crippen LogP contribution in [0.15, 0.2) is 66.7 Å². The van der Waals surface area contributed by atoms with E-state index >= 15 is 0 Å². The molecule has 3 aromatic carbocycles. The maximum Gasteiger partial charge on any atom is 0.258 e. The summed E-state index contributed by atoms with van der Waals surface area (Å²) >= 11 is 0. The number of hydrogen-bond acceptors (Lipinski definition) is 3. The van der Waals surface area contributed by atoms with Gasteiger partial charge in [-0.1, -0.05) is 24.3 Å². The van der Waals surface area contributed by atoms with Crippen LogP contribution in [0.3, 0.4) is 0 Å². The minimum Gasteiger partial charge on any atom is -0.494 e. The molecule has 31 heavy (non-hydrogen) atoms. The number of ether oxygens (including phenoxy) is 1. The Bertz CT molecular complexity index is 1110. The predicted octanol–water partition coefficient (Wildman–Crippen LogP) is 4.61. The highest BCUT2D eigenvalue weighted by molar-refractivity contribution is 6.07. The second-order valence-electron chi connectivity index (χ2n) is 7.43. The summed E-state index contributed by atoms with van der Waals surface area (Å²) in [6, 6.07) is 19.5. The van der Waals surface area contributed by atoms with E-state index in [9.17, 15) is 14.0 Å². The highest BCUT2D eigenvalue weighted by Gasteiger charge is 2.25. The number of benzene rings is 3. The summed E-state index contributed by atoms with van der Waals surface area (Å²) in [5, 5.41) is 2.82. The number of carbonyl (C=O) groups excluding carboxylic acids is 2. The van der Waals surface area contributed by atoms with Gasteiger partial charge in [0.1, 0.15) is 0 Å². The molecule has 1 aliphatic heterocycles. The number of aryl methyl sites for hydroxylation is 1. The molecule has 1 heterocycles. The summed E-state index contributed by atoms with van der Waals surface area (Å²) in [6.07, 6.45) is 1.49. The number of nitrogens with one attached hydrogen (secondary N) is 1. The quantitative estimate of drug-likeness (QED) is 0.636. The minimum atomic E-state index is -0.443. The molecule has 0 aromatic heterocycles. The van der Waals surface area contributed by atoms with Crippen molar-refractivity contribution in [2.75, 3.05) is 23.9 Å². The first kappa shape index (κ1) is 20.6. The van der Waals surface area contributed by atoms with Gasteiger partial charge in [0, 0.05) is 29.9 Å². The van der Waals surface area contributed by atoms with Gasteiger partial charge in [-0.05, 0) is 66.4 Å². The van der Waals surface area contributed by atoms with E-state index in [2.05, 4.69) is 5.32 Å². The fourth-order valence-corrected chi connectivity index (χ4v) is 3.75. The molecule has 158 valence electrons. The largest absolute Gasteiger partial charge is 0.494 e. The lowest BCUT2D eigenvalue weighted by molar-refractivity contribution is -0.116. The van der Waals surface area contributed by atoms with Gasteiger partial charge < -0.3 is 15.0 Å². The molecule has 6 heteroatoms. The molecule has 0 radical (unpaired) electrons. The molecule has 5 nitrogen and oxygen atoms in total. The van der Waals surface area contributed by atoms with Crippen LogP contribution in [-0.2, 0) is 17.6 Å². The van der Waals surface area contributed by atoms with Gasteiger partial charge in [-0.2, -0.15) is 0 Å². The van der Waals surface area contributed by atoms with Crippen LogP contribution in [0.5, 0.6) is 5.75 Å². The molecule has 0 atom stereocenters. The van der Waals surface area contributed by atoms with Crippen molar-refractivity contribution in [2.24, 2.45) is 0 Å². The Hall–Kier alpha value is -3.67. The first-order chi connectivity index (χ1) is 15.0. The third kappa shape index (κ3) is 4.58. The molecule has 0 spiro atoms. The Balaban J connectivity index is 1.34. The van der Waals surface area contributed by atoms with Crippen molar-refractivity contribution >= 4 is 23.2 Å². The number of rotatable bonds is 6. The van der Waals surface area contributed by atoms with Gasteiger partial charge in [-0.15, -0.1) is 0 Å². The zero-order valence-corrected chi connectivity index (χ0v) is 17.2. The molecule has 0 bridgehead atoms. The molecule has 0 unspecified atom stereocenters. The van der Waals surface area contributed by atoms with E-state index < -0.39 is 5.82 Å². The van der Waals surface area contributed by atoms with Crippen molar-refractivity contribution in [3.8, 4) is 5.75 Å². The zero-order chi connectivity index (χ0) is 21.8. The van der Waals surface area contributed by atoms with Crippen molar-refractivity contribution in [1.82, 2.24) is 0 Å². The molecule has 1 N–H and O–H groups in total. The van der Waals surface area contributed by atoms with Crippen LogP contribution in [0.25, 0.3) is 0 Å². The third-order valence-electron chi connectivity index (χ3n) is 5.40. The van der Waals surface area contributed by atoms with Crippen LogP contribution in [0, 0.1) is 5.82 Å². The van der Waals surface area contributed by atoms with Crippen LogP contribution >= 0.6 is 0 Å². The van der Waals surface area contributed by atoms with Crippen molar-refractivity contribution in [3.05, 3.63) is 89.2 Å². The molecule has 4 rings (SSSR count). The van der Waals surface area contributed by atoms with E-state index in [4.69, 9.17) is 4.74 Å². The number of carbonyl (C=O) groups is 2. The fourth-order valence-electron chi connectivity index (χ4n) is 3.75. The SMILES string of the molecule is COc1ccc(CCC(=O)Nc2ccc(C(=O)N3CCc4ccccc43)cc2)cc1F. The zero-order valence-electron chi connectivity index (χ0n) is 17.2. The molecular formula is C25H23FN2O3. The van der Waals surface area contributed by atoms with Crippen molar-refractivity contribution < 1.29 is 18.7 Å². The number of hydrogen-bond donors (Lipinski definition) is 1. The molecule has 3 aromatic rings. The van der Waals surface area contributed by atoms with Crippen LogP contribution in [0.1, 0.15) is 27.9 Å². The lowest BCUT2D eigenvalue weighted by Gasteiger charge is -2.17. The van der Waals surface area contributed by atoms with Gasteiger partial charge in [-0.3, -0.25) is 9.59 Å². The maximum absolute atomic E-state index is 13.8. The number of para-hydroxylation sites is 1. The topological polar surface area (TPSA) is 58.6 Å². The fraction of sp³-hybridized carbons (Fsp3) is 0.200. The van der Waals surface area contributed by atoms with E-state index in [1.165, 1.54) is 18.7 Å². The van der Waals surface area contributed by atoms with E-state index in [0.29, 0.717) is 24.2 Å². The Morgan fingerprint density at radius 2 is 1.84 bits per heavy atom. The molecule has 0 fully saturated rings. The van der Waals surface area contributed by atoms with Gasteiger partial charge in [-0.25, -0.2) is 4.39 Å². The Morgan fingerprint density at radius 1 is 1.06 bits per heavy atom. The first-order valence-electron chi connectivity index (χ1n) is 10.2. The summed E-state index contributed by atoms with van der Waals surface area (Å²) in [4.78, 5) is 26.9. The molecular weight excluding hydrogens is 395 g/mol. The van der Waals surface area contributed by atoms with Gasteiger partial charge >= 0.3 is 0 Å². The highest BCUT2D eigenvalue weighted by Crippen LogP contribution is 2.29. The molecule has 1 aliphatic rings. The summed E-state index contributed by atoms with van der Waals surface area (Å²) in [5.41, 5.74) is 4.05. The normalized spacial score (nSPS) is 12.4. The summed E-state index contributed by atoms with van der Waals surface area (Å²) in [6.45, 7) is 0.669. The predicted molar refractivity (Wildman–Crippen MR) is 118 cm³/mol. The number of halogens is 1. The summed E-state index contributed by atoms with van der Waals surface area (Å²) < 4.78 is 18.7. The molecule has 0 aliphatic carbocycles. The Kier molecular flexibility index (Phi) is 5.98. The number of methoxy groups -OCH3 is 1. The van der Waals surface area contributed by atoms with Crippen LogP contribution in [0.4, 0.5) is 15.8 Å². The van der Waals surface area contributed by atoms with Crippen molar-refractivity contribution in [3.63, 3.8) is 0 Å². The average molecular weight is 418 g/mol. The van der Waals surface area contributed by atoms with Gasteiger partial charge in [0.05, 0.1) is 7.11 Å². The molecule has 2 amide bonds. The lowest BCUT2D eigenvalue weighted by atomic mass is 10.1. The van der Waals surface area contributed by atoms with Crippen LogP contribution in [0.2, 0.25) is 0 Å². The summed E-state index contributed by atoms with van der Waals surface area (Å²) in [5.74, 6) is -0.491. The number of nitrogens with zero attached hydrogens (tertiary/aromatic N) is 1.